The normalized spacial score (nSPS) is 13.7. The van der Waals surface area contributed by atoms with E-state index in [1.807, 2.05) is 42.5 Å². The van der Waals surface area contributed by atoms with Crippen molar-refractivity contribution in [1.29, 1.82) is 0 Å². The van der Waals surface area contributed by atoms with E-state index >= 15 is 0 Å². The predicted octanol–water partition coefficient (Wildman–Crippen LogP) is 2.02. The molecule has 8 heteroatoms. The van der Waals surface area contributed by atoms with E-state index in [0.29, 0.717) is 36.3 Å². The smallest absolute Gasteiger partial charge is 0.241 e. The SMILES string of the molecule is O=C1CN(CC(=O)Nc2cc(CCc3cccc(C(=O)c4ccccc4)c3)no2)CN1. The van der Waals surface area contributed by atoms with Crippen LogP contribution in [0.1, 0.15) is 27.2 Å². The first kappa shape index (κ1) is 20.5. The van der Waals surface area contributed by atoms with Crippen molar-refractivity contribution in [3.8, 4) is 0 Å². The van der Waals surface area contributed by atoms with E-state index in [1.54, 1.807) is 23.1 Å². The van der Waals surface area contributed by atoms with Crippen LogP contribution in [-0.2, 0) is 22.4 Å². The number of nitrogens with one attached hydrogen (secondary N) is 2. The Morgan fingerprint density at radius 1 is 1.03 bits per heavy atom. The minimum Gasteiger partial charge on any atom is -0.342 e. The second kappa shape index (κ2) is 9.36. The van der Waals surface area contributed by atoms with Crippen LogP contribution in [0.3, 0.4) is 0 Å². The number of carbonyl (C=O) groups excluding carboxylic acids is 3. The van der Waals surface area contributed by atoms with Gasteiger partial charge < -0.3 is 9.84 Å². The molecule has 3 aromatic rings. The zero-order valence-corrected chi connectivity index (χ0v) is 16.8. The fourth-order valence-corrected chi connectivity index (χ4v) is 3.39. The predicted molar refractivity (Wildman–Crippen MR) is 113 cm³/mol. The topological polar surface area (TPSA) is 105 Å². The summed E-state index contributed by atoms with van der Waals surface area (Å²) in [7, 11) is 0. The van der Waals surface area contributed by atoms with Crippen LogP contribution >= 0.6 is 0 Å². The third-order valence-electron chi connectivity index (χ3n) is 4.95. The van der Waals surface area contributed by atoms with E-state index in [9.17, 15) is 14.4 Å². The average Bonchev–Trinajstić information content (AvgIpc) is 3.41. The minimum absolute atomic E-state index is 0.0104. The molecule has 8 nitrogen and oxygen atoms in total. The summed E-state index contributed by atoms with van der Waals surface area (Å²) in [6.45, 7) is 0.664. The van der Waals surface area contributed by atoms with Crippen molar-refractivity contribution in [3.05, 3.63) is 83.0 Å². The molecule has 0 radical (unpaired) electrons. The third kappa shape index (κ3) is 5.43. The van der Waals surface area contributed by atoms with Crippen LogP contribution < -0.4 is 10.6 Å². The number of ketones is 1. The molecule has 0 spiro atoms. The maximum Gasteiger partial charge on any atom is 0.241 e. The molecular weight excluding hydrogens is 396 g/mol. The second-order valence-electron chi connectivity index (χ2n) is 7.37. The van der Waals surface area contributed by atoms with Crippen LogP contribution in [0.5, 0.6) is 0 Å². The highest BCUT2D eigenvalue weighted by Crippen LogP contribution is 2.15. The van der Waals surface area contributed by atoms with Gasteiger partial charge in [-0.15, -0.1) is 0 Å². The van der Waals surface area contributed by atoms with Gasteiger partial charge in [-0.2, -0.15) is 0 Å². The molecule has 2 N–H and O–H groups in total. The van der Waals surface area contributed by atoms with Crippen LogP contribution in [0, 0.1) is 0 Å². The van der Waals surface area contributed by atoms with Gasteiger partial charge in [0.15, 0.2) is 5.78 Å². The average molecular weight is 418 g/mol. The van der Waals surface area contributed by atoms with Crippen LogP contribution in [0.2, 0.25) is 0 Å². The molecule has 1 aliphatic heterocycles. The summed E-state index contributed by atoms with van der Waals surface area (Å²) < 4.78 is 5.19. The molecule has 1 aromatic heterocycles. The highest BCUT2D eigenvalue weighted by molar-refractivity contribution is 6.09. The van der Waals surface area contributed by atoms with E-state index < -0.39 is 0 Å². The van der Waals surface area contributed by atoms with Crippen molar-refractivity contribution in [1.82, 2.24) is 15.4 Å². The number of nitrogens with zero attached hydrogens (tertiary/aromatic N) is 2. The first-order valence-corrected chi connectivity index (χ1v) is 10.00. The van der Waals surface area contributed by atoms with Crippen molar-refractivity contribution in [2.45, 2.75) is 12.8 Å². The number of hydrogen-bond acceptors (Lipinski definition) is 6. The summed E-state index contributed by atoms with van der Waals surface area (Å²) in [5.74, 6) is -0.106. The molecule has 0 bridgehead atoms. The Labute approximate surface area is 179 Å². The quantitative estimate of drug-likeness (QED) is 0.543. The first-order chi connectivity index (χ1) is 15.1. The Morgan fingerprint density at radius 2 is 1.84 bits per heavy atom. The second-order valence-corrected chi connectivity index (χ2v) is 7.37. The summed E-state index contributed by atoms with van der Waals surface area (Å²) in [5, 5.41) is 9.29. The molecule has 2 amide bonds. The Hall–Kier alpha value is -3.78. The number of aromatic nitrogens is 1. The van der Waals surface area contributed by atoms with Gasteiger partial charge in [0.05, 0.1) is 25.5 Å². The molecule has 0 aliphatic carbocycles. The zero-order chi connectivity index (χ0) is 21.6. The molecule has 1 aliphatic rings. The Bertz CT molecular complexity index is 1090. The largest absolute Gasteiger partial charge is 0.342 e. The van der Waals surface area contributed by atoms with Crippen LogP contribution in [0.15, 0.2) is 65.2 Å². The van der Waals surface area contributed by atoms with Crippen molar-refractivity contribution in [3.63, 3.8) is 0 Å². The fourth-order valence-electron chi connectivity index (χ4n) is 3.39. The molecule has 158 valence electrons. The molecule has 2 heterocycles. The molecule has 0 unspecified atom stereocenters. The van der Waals surface area contributed by atoms with Crippen molar-refractivity contribution in [2.24, 2.45) is 0 Å². The van der Waals surface area contributed by atoms with Gasteiger partial charge in [0.1, 0.15) is 0 Å². The lowest BCUT2D eigenvalue weighted by atomic mass is 9.99. The highest BCUT2D eigenvalue weighted by atomic mass is 16.5. The summed E-state index contributed by atoms with van der Waals surface area (Å²) in [5.41, 5.74) is 3.02. The van der Waals surface area contributed by atoms with Gasteiger partial charge in [-0.05, 0) is 24.5 Å². The lowest BCUT2D eigenvalue weighted by molar-refractivity contribution is -0.119. The van der Waals surface area contributed by atoms with Crippen LogP contribution in [0.25, 0.3) is 0 Å². The molecule has 4 rings (SSSR count). The summed E-state index contributed by atoms with van der Waals surface area (Å²) in [6, 6.07) is 18.4. The van der Waals surface area contributed by atoms with Gasteiger partial charge in [0.25, 0.3) is 0 Å². The Balaban J connectivity index is 1.31. The third-order valence-corrected chi connectivity index (χ3v) is 4.95. The Morgan fingerprint density at radius 3 is 2.61 bits per heavy atom. The number of amides is 2. The summed E-state index contributed by atoms with van der Waals surface area (Å²) >= 11 is 0. The van der Waals surface area contributed by atoms with E-state index in [1.165, 1.54) is 0 Å². The molecule has 0 atom stereocenters. The van der Waals surface area contributed by atoms with Gasteiger partial charge in [-0.25, -0.2) is 0 Å². The molecule has 31 heavy (non-hydrogen) atoms. The lowest BCUT2D eigenvalue weighted by Crippen LogP contribution is -2.32. The maximum atomic E-state index is 12.6. The lowest BCUT2D eigenvalue weighted by Gasteiger charge is -2.10. The standard InChI is InChI=1S/C23H22N4O4/c28-20-13-27(15-24-20)14-21(29)25-22-12-19(26-31-22)10-9-16-5-4-8-18(11-16)23(30)17-6-2-1-3-7-17/h1-8,11-12H,9-10,13-15H2,(H,24,28)(H,25,29). The number of aryl methyl sites for hydroxylation is 2. The van der Waals surface area contributed by atoms with Gasteiger partial charge >= 0.3 is 0 Å². The van der Waals surface area contributed by atoms with Crippen LogP contribution in [0.4, 0.5) is 5.88 Å². The monoisotopic (exact) mass is 418 g/mol. The van der Waals surface area contributed by atoms with Gasteiger partial charge in [0.2, 0.25) is 17.7 Å². The van der Waals surface area contributed by atoms with E-state index in [-0.39, 0.29) is 36.6 Å². The summed E-state index contributed by atoms with van der Waals surface area (Å²) in [6.07, 6.45) is 1.28. The van der Waals surface area contributed by atoms with Gasteiger partial charge in [-0.1, -0.05) is 53.7 Å². The fraction of sp³-hybridized carbons (Fsp3) is 0.217. The molecule has 2 aromatic carbocycles. The molecule has 1 fully saturated rings. The van der Waals surface area contributed by atoms with Crippen molar-refractivity contribution >= 4 is 23.5 Å². The molecule has 1 saturated heterocycles. The maximum absolute atomic E-state index is 12.6. The van der Waals surface area contributed by atoms with Crippen molar-refractivity contribution in [2.75, 3.05) is 25.1 Å². The van der Waals surface area contributed by atoms with E-state index in [4.69, 9.17) is 4.52 Å². The van der Waals surface area contributed by atoms with E-state index in [0.717, 1.165) is 5.56 Å². The molecular formula is C23H22N4O4. The first-order valence-electron chi connectivity index (χ1n) is 10.00. The van der Waals surface area contributed by atoms with Crippen LogP contribution in [-0.4, -0.2) is 47.4 Å². The zero-order valence-electron chi connectivity index (χ0n) is 16.8. The highest BCUT2D eigenvalue weighted by Gasteiger charge is 2.21. The number of benzene rings is 2. The number of hydrogen-bond donors (Lipinski definition) is 2. The Kier molecular flexibility index (Phi) is 6.18. The van der Waals surface area contributed by atoms with Crippen molar-refractivity contribution < 1.29 is 18.9 Å². The number of anilines is 1. The van der Waals surface area contributed by atoms with Gasteiger partial charge in [-0.3, -0.25) is 24.6 Å². The minimum atomic E-state index is -0.272. The number of carbonyl (C=O) groups is 3. The van der Waals surface area contributed by atoms with Gasteiger partial charge in [0, 0.05) is 17.2 Å². The van der Waals surface area contributed by atoms with E-state index in [2.05, 4.69) is 15.8 Å². The number of rotatable bonds is 8. The molecule has 0 saturated carbocycles. The summed E-state index contributed by atoms with van der Waals surface area (Å²) in [4.78, 5) is 37.6.